The van der Waals surface area contributed by atoms with Gasteiger partial charge in [-0.2, -0.15) is 0 Å². The van der Waals surface area contributed by atoms with Gasteiger partial charge in [0.25, 0.3) is 15.9 Å². The average Bonchev–Trinajstić information content (AvgIpc) is 3.57. The Hall–Kier alpha value is -2.91. The second-order valence-electron chi connectivity index (χ2n) is 8.87. The number of carbonyl (C=O) groups is 2. The molecule has 2 aromatic rings. The number of hydrogen-bond donors (Lipinski definition) is 2. The van der Waals surface area contributed by atoms with Crippen molar-refractivity contribution in [1.29, 1.82) is 0 Å². The molecule has 0 unspecified atom stereocenters. The summed E-state index contributed by atoms with van der Waals surface area (Å²) in [4.78, 5) is 28.9. The first-order valence-electron chi connectivity index (χ1n) is 11.2. The third-order valence-electron chi connectivity index (χ3n) is 5.96. The molecular weight excluding hydrogens is 440 g/mol. The van der Waals surface area contributed by atoms with E-state index in [1.54, 1.807) is 42.2 Å². The van der Waals surface area contributed by atoms with Crippen LogP contribution in [0.5, 0.6) is 0 Å². The maximum absolute atomic E-state index is 13.1. The maximum atomic E-state index is 13.1. The molecular formula is C24H30N4O4S. The molecule has 4 rings (SSSR count). The van der Waals surface area contributed by atoms with Gasteiger partial charge in [-0.3, -0.25) is 19.2 Å². The van der Waals surface area contributed by atoms with Crippen molar-refractivity contribution in [2.45, 2.75) is 37.6 Å². The van der Waals surface area contributed by atoms with Crippen LogP contribution >= 0.6 is 0 Å². The van der Waals surface area contributed by atoms with Gasteiger partial charge in [-0.15, -0.1) is 0 Å². The van der Waals surface area contributed by atoms with Crippen LogP contribution in [-0.4, -0.2) is 68.8 Å². The number of aryl methyl sites for hydroxylation is 2. The Morgan fingerprint density at radius 2 is 1.73 bits per heavy atom. The van der Waals surface area contributed by atoms with Gasteiger partial charge >= 0.3 is 0 Å². The molecule has 2 aliphatic rings. The summed E-state index contributed by atoms with van der Waals surface area (Å²) in [7, 11) is -3.85. The summed E-state index contributed by atoms with van der Waals surface area (Å²) < 4.78 is 28.7. The lowest BCUT2D eigenvalue weighted by Gasteiger charge is -2.34. The third-order valence-corrected chi connectivity index (χ3v) is 7.49. The second-order valence-corrected chi connectivity index (χ2v) is 10.5. The van der Waals surface area contributed by atoms with Crippen molar-refractivity contribution in [2.75, 3.05) is 37.4 Å². The molecule has 0 atom stereocenters. The van der Waals surface area contributed by atoms with E-state index in [-0.39, 0.29) is 16.7 Å². The molecule has 2 N–H and O–H groups in total. The molecule has 1 aliphatic carbocycles. The Labute approximate surface area is 195 Å². The highest BCUT2D eigenvalue weighted by Crippen LogP contribution is 2.23. The van der Waals surface area contributed by atoms with E-state index in [0.29, 0.717) is 55.6 Å². The molecule has 1 saturated heterocycles. The van der Waals surface area contributed by atoms with E-state index in [2.05, 4.69) is 10.0 Å². The van der Waals surface area contributed by atoms with Crippen LogP contribution in [0.15, 0.2) is 47.4 Å². The maximum Gasteiger partial charge on any atom is 0.262 e. The Balaban J connectivity index is 1.41. The largest absolute Gasteiger partial charge is 0.352 e. The Morgan fingerprint density at radius 1 is 1.00 bits per heavy atom. The Kier molecular flexibility index (Phi) is 6.71. The number of piperazine rings is 1. The van der Waals surface area contributed by atoms with Crippen LogP contribution in [0.25, 0.3) is 0 Å². The summed E-state index contributed by atoms with van der Waals surface area (Å²) >= 11 is 0. The molecule has 9 heteroatoms. The molecule has 0 radical (unpaired) electrons. The summed E-state index contributed by atoms with van der Waals surface area (Å²) in [6.07, 6.45) is 2.12. The first kappa shape index (κ1) is 23.3. The smallest absolute Gasteiger partial charge is 0.262 e. The number of rotatable bonds is 7. The van der Waals surface area contributed by atoms with Crippen LogP contribution in [-0.2, 0) is 14.8 Å². The van der Waals surface area contributed by atoms with Crippen molar-refractivity contribution < 1.29 is 18.0 Å². The molecule has 33 heavy (non-hydrogen) atoms. The zero-order valence-electron chi connectivity index (χ0n) is 19.0. The molecule has 176 valence electrons. The summed E-state index contributed by atoms with van der Waals surface area (Å²) in [6.45, 7) is 6.15. The molecule has 0 bridgehead atoms. The quantitative estimate of drug-likeness (QED) is 0.646. The predicted molar refractivity (Wildman–Crippen MR) is 127 cm³/mol. The number of anilines is 1. The highest BCUT2D eigenvalue weighted by Gasteiger charge is 2.27. The summed E-state index contributed by atoms with van der Waals surface area (Å²) in [5, 5.41) is 2.98. The lowest BCUT2D eigenvalue weighted by Crippen LogP contribution is -2.51. The van der Waals surface area contributed by atoms with Crippen molar-refractivity contribution in [3.05, 3.63) is 59.2 Å². The lowest BCUT2D eigenvalue weighted by molar-refractivity contribution is -0.122. The standard InChI is InChI=1S/C24H30N4O4S/c1-17-4-3-5-21(14-17)26-33(31,32)22-15-19(7-6-18(22)2)24(30)28-12-10-27(11-13-28)16-23(29)25-20-8-9-20/h3-7,14-15,20,26H,8-13,16H2,1-2H3,(H,25,29). The number of hydrogen-bond acceptors (Lipinski definition) is 5. The van der Waals surface area contributed by atoms with E-state index in [9.17, 15) is 18.0 Å². The van der Waals surface area contributed by atoms with Gasteiger partial charge in [-0.05, 0) is 62.1 Å². The van der Waals surface area contributed by atoms with Crippen LogP contribution in [0.4, 0.5) is 5.69 Å². The number of amides is 2. The SMILES string of the molecule is Cc1cccc(NS(=O)(=O)c2cc(C(=O)N3CCN(CC(=O)NC4CC4)CC3)ccc2C)c1. The van der Waals surface area contributed by atoms with Crippen LogP contribution in [0, 0.1) is 13.8 Å². The van der Waals surface area contributed by atoms with Crippen molar-refractivity contribution >= 4 is 27.5 Å². The zero-order chi connectivity index (χ0) is 23.6. The second kappa shape index (κ2) is 9.52. The van der Waals surface area contributed by atoms with Crippen LogP contribution in [0.1, 0.15) is 34.3 Å². The molecule has 2 fully saturated rings. The highest BCUT2D eigenvalue weighted by molar-refractivity contribution is 7.92. The Bertz CT molecular complexity index is 1150. The van der Waals surface area contributed by atoms with Crippen molar-refractivity contribution in [3.63, 3.8) is 0 Å². The van der Waals surface area contributed by atoms with E-state index >= 15 is 0 Å². The van der Waals surface area contributed by atoms with Gasteiger partial charge in [0.1, 0.15) is 0 Å². The van der Waals surface area contributed by atoms with Crippen molar-refractivity contribution in [2.24, 2.45) is 0 Å². The highest BCUT2D eigenvalue weighted by atomic mass is 32.2. The van der Waals surface area contributed by atoms with Crippen LogP contribution in [0.3, 0.4) is 0 Å². The fourth-order valence-corrected chi connectivity index (χ4v) is 5.26. The van der Waals surface area contributed by atoms with Gasteiger partial charge in [-0.25, -0.2) is 8.42 Å². The van der Waals surface area contributed by atoms with Crippen LogP contribution in [0.2, 0.25) is 0 Å². The summed E-state index contributed by atoms with van der Waals surface area (Å²) in [5.74, 6) is -0.171. The first-order chi connectivity index (χ1) is 15.7. The Morgan fingerprint density at radius 3 is 2.39 bits per heavy atom. The van der Waals surface area contributed by atoms with Gasteiger partial charge in [-0.1, -0.05) is 18.2 Å². The third kappa shape index (κ3) is 5.91. The predicted octanol–water partition coefficient (Wildman–Crippen LogP) is 2.14. The number of nitrogens with zero attached hydrogens (tertiary/aromatic N) is 2. The van der Waals surface area contributed by atoms with Gasteiger partial charge in [0.15, 0.2) is 0 Å². The fourth-order valence-electron chi connectivity index (χ4n) is 3.94. The molecule has 1 aliphatic heterocycles. The van der Waals surface area contributed by atoms with Gasteiger partial charge < -0.3 is 10.2 Å². The van der Waals surface area contributed by atoms with Gasteiger partial charge in [0.2, 0.25) is 5.91 Å². The minimum absolute atomic E-state index is 0.0340. The summed E-state index contributed by atoms with van der Waals surface area (Å²) in [5.41, 5.74) is 2.33. The van der Waals surface area contributed by atoms with E-state index < -0.39 is 10.0 Å². The minimum atomic E-state index is -3.85. The number of sulfonamides is 1. The molecule has 0 spiro atoms. The van der Waals surface area contributed by atoms with E-state index in [1.807, 2.05) is 17.9 Å². The molecule has 1 saturated carbocycles. The zero-order valence-corrected chi connectivity index (χ0v) is 19.8. The fraction of sp³-hybridized carbons (Fsp3) is 0.417. The number of benzene rings is 2. The molecule has 1 heterocycles. The lowest BCUT2D eigenvalue weighted by atomic mass is 10.1. The molecule has 8 nitrogen and oxygen atoms in total. The van der Waals surface area contributed by atoms with Gasteiger partial charge in [0, 0.05) is 43.5 Å². The topological polar surface area (TPSA) is 98.8 Å². The first-order valence-corrected chi connectivity index (χ1v) is 12.7. The average molecular weight is 471 g/mol. The van der Waals surface area contributed by atoms with E-state index in [0.717, 1.165) is 18.4 Å². The molecule has 2 amide bonds. The van der Waals surface area contributed by atoms with Gasteiger partial charge in [0.05, 0.1) is 11.4 Å². The van der Waals surface area contributed by atoms with E-state index in [4.69, 9.17) is 0 Å². The van der Waals surface area contributed by atoms with Crippen molar-refractivity contribution in [1.82, 2.24) is 15.1 Å². The number of carbonyl (C=O) groups excluding carboxylic acids is 2. The summed E-state index contributed by atoms with van der Waals surface area (Å²) in [6, 6.07) is 12.2. The minimum Gasteiger partial charge on any atom is -0.352 e. The van der Waals surface area contributed by atoms with E-state index in [1.165, 1.54) is 6.07 Å². The molecule has 0 aromatic heterocycles. The number of nitrogens with one attached hydrogen (secondary N) is 2. The van der Waals surface area contributed by atoms with Crippen molar-refractivity contribution in [3.8, 4) is 0 Å². The normalized spacial score (nSPS) is 17.0. The monoisotopic (exact) mass is 470 g/mol. The molecule has 2 aromatic carbocycles. The van der Waals surface area contributed by atoms with Crippen LogP contribution < -0.4 is 10.0 Å².